The van der Waals surface area contributed by atoms with Crippen LogP contribution in [-0.4, -0.2) is 30.1 Å². The zero-order valence-electron chi connectivity index (χ0n) is 7.87. The summed E-state index contributed by atoms with van der Waals surface area (Å²) in [6.45, 7) is 0. The molecule has 1 saturated carbocycles. The first kappa shape index (κ1) is 11.4. The maximum atomic E-state index is 12.5. The van der Waals surface area contributed by atoms with Crippen LogP contribution in [0.5, 0.6) is 0 Å². The highest BCUT2D eigenvalue weighted by atomic mass is 32.2. The average molecular weight is 255 g/mol. The second-order valence-electron chi connectivity index (χ2n) is 3.60. The second kappa shape index (κ2) is 3.20. The number of hydrogen-bond acceptors (Lipinski definition) is 3. The minimum absolute atomic E-state index is 0.232. The Kier molecular flexibility index (Phi) is 2.28. The summed E-state index contributed by atoms with van der Waals surface area (Å²) in [6, 6.07) is 0. The van der Waals surface area contributed by atoms with Crippen molar-refractivity contribution >= 4 is 10.0 Å². The van der Waals surface area contributed by atoms with Crippen molar-refractivity contribution in [2.24, 2.45) is 0 Å². The molecule has 1 aliphatic rings. The number of nitrogens with one attached hydrogen (secondary N) is 2. The van der Waals surface area contributed by atoms with Crippen LogP contribution in [0.25, 0.3) is 0 Å². The SMILES string of the molecule is O=S(=O)(NC1(C(F)(F)F)CC1)c1cnc[nH]1. The van der Waals surface area contributed by atoms with Crippen molar-refractivity contribution in [2.45, 2.75) is 29.6 Å². The normalized spacial score (nSPS) is 19.7. The maximum Gasteiger partial charge on any atom is 0.407 e. The number of nitrogens with zero attached hydrogens (tertiary/aromatic N) is 1. The summed E-state index contributed by atoms with van der Waals surface area (Å²) in [4.78, 5) is 5.70. The van der Waals surface area contributed by atoms with E-state index in [0.29, 0.717) is 0 Å². The summed E-state index contributed by atoms with van der Waals surface area (Å²) < 4.78 is 62.2. The molecule has 9 heteroatoms. The Morgan fingerprint density at radius 2 is 2.06 bits per heavy atom. The Bertz CT molecular complexity index is 475. The topological polar surface area (TPSA) is 74.8 Å². The molecule has 1 aromatic heterocycles. The van der Waals surface area contributed by atoms with Crippen LogP contribution >= 0.6 is 0 Å². The molecule has 2 N–H and O–H groups in total. The van der Waals surface area contributed by atoms with Crippen LogP contribution in [-0.2, 0) is 10.0 Å². The zero-order chi connectivity index (χ0) is 12.0. The lowest BCUT2D eigenvalue weighted by Gasteiger charge is -2.19. The lowest BCUT2D eigenvalue weighted by molar-refractivity contribution is -0.160. The third-order valence-corrected chi connectivity index (χ3v) is 3.85. The predicted octanol–water partition coefficient (Wildman–Crippen LogP) is 0.783. The molecule has 1 aromatic rings. The maximum absolute atomic E-state index is 12.5. The van der Waals surface area contributed by atoms with Gasteiger partial charge >= 0.3 is 6.18 Å². The first-order valence-corrected chi connectivity index (χ1v) is 5.84. The summed E-state index contributed by atoms with van der Waals surface area (Å²) in [7, 11) is -4.18. The Morgan fingerprint density at radius 1 is 1.44 bits per heavy atom. The van der Waals surface area contributed by atoms with Crippen molar-refractivity contribution in [2.75, 3.05) is 0 Å². The molecule has 0 amide bonds. The molecule has 2 rings (SSSR count). The molecule has 0 bridgehead atoms. The van der Waals surface area contributed by atoms with Gasteiger partial charge in [-0.15, -0.1) is 0 Å². The highest BCUT2D eigenvalue weighted by molar-refractivity contribution is 7.89. The number of aromatic nitrogens is 2. The van der Waals surface area contributed by atoms with Crippen molar-refractivity contribution in [1.82, 2.24) is 14.7 Å². The van der Waals surface area contributed by atoms with E-state index in [-0.39, 0.29) is 17.9 Å². The molecular weight excluding hydrogens is 247 g/mol. The van der Waals surface area contributed by atoms with E-state index >= 15 is 0 Å². The summed E-state index contributed by atoms with van der Waals surface area (Å²) >= 11 is 0. The van der Waals surface area contributed by atoms with Gasteiger partial charge in [-0.1, -0.05) is 0 Å². The summed E-state index contributed by atoms with van der Waals surface area (Å²) in [5.41, 5.74) is -2.29. The zero-order valence-corrected chi connectivity index (χ0v) is 8.69. The van der Waals surface area contributed by atoms with Crippen molar-refractivity contribution in [3.63, 3.8) is 0 Å². The van der Waals surface area contributed by atoms with Crippen LogP contribution in [0.15, 0.2) is 17.6 Å². The van der Waals surface area contributed by atoms with Gasteiger partial charge in [-0.3, -0.25) is 0 Å². The van der Waals surface area contributed by atoms with Gasteiger partial charge < -0.3 is 4.98 Å². The standard InChI is InChI=1S/C7H8F3N3O2S/c8-7(9,10)6(1-2-6)13-16(14,15)5-3-11-4-12-5/h3-4,13H,1-2H2,(H,11,12). The highest BCUT2D eigenvalue weighted by Crippen LogP contribution is 2.49. The van der Waals surface area contributed by atoms with Gasteiger partial charge in [0.25, 0.3) is 10.0 Å². The molecule has 1 fully saturated rings. The van der Waals surface area contributed by atoms with E-state index in [1.54, 1.807) is 4.72 Å². The fraction of sp³-hybridized carbons (Fsp3) is 0.571. The monoisotopic (exact) mass is 255 g/mol. The first-order valence-electron chi connectivity index (χ1n) is 4.36. The lowest BCUT2D eigenvalue weighted by Crippen LogP contribution is -2.47. The third-order valence-electron chi connectivity index (χ3n) is 2.39. The molecule has 1 heterocycles. The molecule has 0 unspecified atom stereocenters. The van der Waals surface area contributed by atoms with Gasteiger partial charge in [0.2, 0.25) is 0 Å². The Morgan fingerprint density at radius 3 is 2.44 bits per heavy atom. The summed E-state index contributed by atoms with van der Waals surface area (Å²) in [5, 5.41) is -0.372. The molecule has 0 atom stereocenters. The van der Waals surface area contributed by atoms with Gasteiger partial charge in [-0.25, -0.2) is 13.4 Å². The number of aromatic amines is 1. The quantitative estimate of drug-likeness (QED) is 0.838. The number of halogens is 3. The molecular formula is C7H8F3N3O2S. The highest BCUT2D eigenvalue weighted by Gasteiger charge is 2.65. The molecule has 0 aliphatic heterocycles. The van der Waals surface area contributed by atoms with E-state index in [1.165, 1.54) is 0 Å². The third kappa shape index (κ3) is 1.80. The Hall–Kier alpha value is -1.09. The average Bonchev–Trinajstić information content (AvgIpc) is 2.73. The van der Waals surface area contributed by atoms with Crippen molar-refractivity contribution in [3.05, 3.63) is 12.5 Å². The number of sulfonamides is 1. The van der Waals surface area contributed by atoms with Crippen LogP contribution < -0.4 is 4.72 Å². The fourth-order valence-electron chi connectivity index (χ4n) is 1.27. The van der Waals surface area contributed by atoms with Gasteiger partial charge in [0, 0.05) is 0 Å². The smallest absolute Gasteiger partial charge is 0.335 e. The Labute approximate surface area is 89.1 Å². The van der Waals surface area contributed by atoms with E-state index in [4.69, 9.17) is 0 Å². The minimum atomic E-state index is -4.57. The molecule has 90 valence electrons. The summed E-state index contributed by atoms with van der Waals surface area (Å²) in [5.74, 6) is 0. The molecule has 0 saturated heterocycles. The lowest BCUT2D eigenvalue weighted by atomic mass is 10.3. The molecule has 0 aromatic carbocycles. The number of H-pyrrole nitrogens is 1. The van der Waals surface area contributed by atoms with Crippen molar-refractivity contribution in [3.8, 4) is 0 Å². The van der Waals surface area contributed by atoms with Crippen LogP contribution in [0, 0.1) is 0 Å². The van der Waals surface area contributed by atoms with E-state index in [2.05, 4.69) is 9.97 Å². The summed E-state index contributed by atoms with van der Waals surface area (Å²) in [6.07, 6.45) is -3.00. The number of hydrogen-bond donors (Lipinski definition) is 2. The van der Waals surface area contributed by atoms with E-state index < -0.39 is 21.7 Å². The molecule has 0 spiro atoms. The largest absolute Gasteiger partial charge is 0.407 e. The van der Waals surface area contributed by atoms with Crippen molar-refractivity contribution in [1.29, 1.82) is 0 Å². The van der Waals surface area contributed by atoms with Gasteiger partial charge in [0.1, 0.15) is 5.54 Å². The second-order valence-corrected chi connectivity index (χ2v) is 5.25. The van der Waals surface area contributed by atoms with E-state index in [1.807, 2.05) is 0 Å². The van der Waals surface area contributed by atoms with Gasteiger partial charge in [0.15, 0.2) is 5.03 Å². The predicted molar refractivity (Wildman–Crippen MR) is 46.9 cm³/mol. The van der Waals surface area contributed by atoms with Crippen LogP contribution in [0.2, 0.25) is 0 Å². The van der Waals surface area contributed by atoms with Crippen LogP contribution in [0.3, 0.4) is 0 Å². The molecule has 1 aliphatic carbocycles. The fourth-order valence-corrected chi connectivity index (χ4v) is 2.62. The van der Waals surface area contributed by atoms with Crippen LogP contribution in [0.4, 0.5) is 13.2 Å². The van der Waals surface area contributed by atoms with Crippen molar-refractivity contribution < 1.29 is 21.6 Å². The van der Waals surface area contributed by atoms with Gasteiger partial charge in [0.05, 0.1) is 12.5 Å². The first-order chi connectivity index (χ1) is 7.27. The van der Waals surface area contributed by atoms with Crippen LogP contribution in [0.1, 0.15) is 12.8 Å². The number of alkyl halides is 3. The van der Waals surface area contributed by atoms with Gasteiger partial charge in [-0.05, 0) is 12.8 Å². The number of imidazole rings is 1. The van der Waals surface area contributed by atoms with E-state index in [9.17, 15) is 21.6 Å². The Balaban J connectivity index is 2.24. The minimum Gasteiger partial charge on any atom is -0.335 e. The number of rotatable bonds is 3. The molecule has 16 heavy (non-hydrogen) atoms. The molecule has 0 radical (unpaired) electrons. The van der Waals surface area contributed by atoms with Gasteiger partial charge in [-0.2, -0.15) is 17.9 Å². The van der Waals surface area contributed by atoms with E-state index in [0.717, 1.165) is 12.5 Å². The molecule has 5 nitrogen and oxygen atoms in total.